The standard InChI is InChI=1S/C10H4N4O4.2K/c11-5-9(13(15)16)7-1-2-8(4-3-7)10(6-12)14(17)18;;/h1-4H;;/q-2;2*+1. The fourth-order valence-corrected chi connectivity index (χ4v) is 1.21. The molecule has 0 aromatic heterocycles. The van der Waals surface area contributed by atoms with Crippen LogP contribution in [0.4, 0.5) is 0 Å². The molecule has 0 bridgehead atoms. The average Bonchev–Trinajstić information content (AvgIpc) is 2.32. The van der Waals surface area contributed by atoms with Gasteiger partial charge >= 0.3 is 103 Å². The summed E-state index contributed by atoms with van der Waals surface area (Å²) in [7, 11) is 0. The second-order valence-corrected chi connectivity index (χ2v) is 3.01. The van der Waals surface area contributed by atoms with Crippen LogP contribution in [0, 0.1) is 20.2 Å². The smallest absolute Gasteiger partial charge is 0.757 e. The van der Waals surface area contributed by atoms with Gasteiger partial charge in [-0.1, -0.05) is 0 Å². The molecule has 20 heavy (non-hydrogen) atoms. The Morgan fingerprint density at radius 2 is 1.10 bits per heavy atom. The van der Waals surface area contributed by atoms with Gasteiger partial charge in [0.2, 0.25) is 0 Å². The molecule has 0 aliphatic carbocycles. The van der Waals surface area contributed by atoms with Gasteiger partial charge < -0.3 is 10.8 Å². The predicted molar refractivity (Wildman–Crippen MR) is 64.0 cm³/mol. The Balaban J connectivity index is 0. The van der Waals surface area contributed by atoms with E-state index in [1.54, 1.807) is 0 Å². The van der Waals surface area contributed by atoms with E-state index < -0.39 is 21.2 Å². The Bertz CT molecular complexity index is 562. The van der Waals surface area contributed by atoms with Crippen molar-refractivity contribution in [3.63, 3.8) is 0 Å². The van der Waals surface area contributed by atoms with Crippen LogP contribution in [-0.4, -0.2) is 21.6 Å². The van der Waals surface area contributed by atoms with Crippen LogP contribution in [-0.2, 0) is 0 Å². The monoisotopic (exact) mass is 322 g/mol. The van der Waals surface area contributed by atoms with Gasteiger partial charge in [0.05, 0.1) is 21.0 Å². The van der Waals surface area contributed by atoms with Crippen LogP contribution in [0.5, 0.6) is 0 Å². The summed E-state index contributed by atoms with van der Waals surface area (Å²) < 4.78 is 0. The third-order valence-corrected chi connectivity index (χ3v) is 2.01. The normalized spacial score (nSPS) is 8.00. The molecule has 0 saturated carbocycles. The molecule has 0 N–H and O–H groups in total. The van der Waals surface area contributed by atoms with E-state index in [0.29, 0.717) is 0 Å². The van der Waals surface area contributed by atoms with E-state index in [-0.39, 0.29) is 114 Å². The summed E-state index contributed by atoms with van der Waals surface area (Å²) in [5.74, 6) is 2.83. The maximum atomic E-state index is 10.5. The zero-order valence-electron chi connectivity index (χ0n) is 10.7. The Hall–Kier alpha value is 0.193. The van der Waals surface area contributed by atoms with Gasteiger partial charge in [-0.05, 0) is 24.3 Å². The first kappa shape index (κ1) is 22.5. The molecule has 0 radical (unpaired) electrons. The van der Waals surface area contributed by atoms with Gasteiger partial charge in [-0.15, -0.1) is 0 Å². The van der Waals surface area contributed by atoms with Crippen LogP contribution in [0.15, 0.2) is 24.3 Å². The van der Waals surface area contributed by atoms with Gasteiger partial charge in [0, 0.05) is 0 Å². The van der Waals surface area contributed by atoms with E-state index in [1.807, 2.05) is 0 Å². The maximum Gasteiger partial charge on any atom is 1.00 e. The molecule has 1 aromatic carbocycles. The van der Waals surface area contributed by atoms with Crippen molar-refractivity contribution in [1.82, 2.24) is 0 Å². The molecule has 8 nitrogen and oxygen atoms in total. The van der Waals surface area contributed by atoms with Crippen molar-refractivity contribution in [2.24, 2.45) is 0 Å². The first-order valence-electron chi connectivity index (χ1n) is 4.45. The largest absolute Gasteiger partial charge is 1.00 e. The van der Waals surface area contributed by atoms with Gasteiger partial charge in [-0.2, -0.15) is 11.7 Å². The fourth-order valence-electron chi connectivity index (χ4n) is 1.21. The summed E-state index contributed by atoms with van der Waals surface area (Å²) in [6, 6.07) is 4.71. The topological polar surface area (TPSA) is 131 Å². The number of hydrogen-bond acceptors (Lipinski definition) is 4. The molecule has 0 unspecified atom stereocenters. The second-order valence-electron chi connectivity index (χ2n) is 3.01. The number of nitro groups is 2. The molecule has 0 amide bonds. The minimum Gasteiger partial charge on any atom is -0.757 e. The minimum absolute atomic E-state index is 0. The molecule has 0 heterocycles. The van der Waals surface area contributed by atoms with Crippen LogP contribution < -0.4 is 103 Å². The van der Waals surface area contributed by atoms with Crippen molar-refractivity contribution < 1.29 is 113 Å². The van der Waals surface area contributed by atoms with E-state index in [2.05, 4.69) is 0 Å². The van der Waals surface area contributed by atoms with E-state index >= 15 is 0 Å². The van der Waals surface area contributed by atoms with Crippen molar-refractivity contribution in [2.75, 3.05) is 0 Å². The first-order valence-corrected chi connectivity index (χ1v) is 4.45. The molecular weight excluding hydrogens is 318 g/mol. The van der Waals surface area contributed by atoms with Gasteiger partial charge in [-0.25, -0.2) is 0 Å². The van der Waals surface area contributed by atoms with Gasteiger partial charge in [-0.3, -0.25) is 20.2 Å². The van der Waals surface area contributed by atoms with Crippen molar-refractivity contribution in [2.45, 2.75) is 0 Å². The quantitative estimate of drug-likeness (QED) is 0.239. The third-order valence-electron chi connectivity index (χ3n) is 2.01. The van der Waals surface area contributed by atoms with E-state index in [1.165, 1.54) is 36.0 Å². The number of nitrogens with zero attached hydrogens (tertiary/aromatic N) is 4. The van der Waals surface area contributed by atoms with Crippen LogP contribution in [0.1, 0.15) is 11.1 Å². The zero-order valence-corrected chi connectivity index (χ0v) is 17.0. The average molecular weight is 322 g/mol. The van der Waals surface area contributed by atoms with Crippen LogP contribution in [0.3, 0.4) is 0 Å². The van der Waals surface area contributed by atoms with Crippen molar-refractivity contribution in [1.29, 1.82) is 0 Å². The van der Waals surface area contributed by atoms with Crippen LogP contribution in [0.25, 0.3) is 22.2 Å². The van der Waals surface area contributed by atoms with E-state index in [4.69, 9.17) is 10.8 Å². The number of hydrogen-bond donors (Lipinski definition) is 0. The molecule has 0 saturated heterocycles. The Morgan fingerprint density at radius 3 is 1.25 bits per heavy atom. The Labute approximate surface area is 198 Å². The molecule has 90 valence electrons. The third kappa shape index (κ3) is 5.90. The summed E-state index contributed by atoms with van der Waals surface area (Å²) in [5.41, 5.74) is -1.29. The van der Waals surface area contributed by atoms with Gasteiger partial charge in [0.25, 0.3) is 11.4 Å². The van der Waals surface area contributed by atoms with Gasteiger partial charge in [0.15, 0.2) is 0 Å². The zero-order chi connectivity index (χ0) is 13.7. The molecule has 0 spiro atoms. The summed E-state index contributed by atoms with van der Waals surface area (Å²) >= 11 is 0. The van der Waals surface area contributed by atoms with Crippen molar-refractivity contribution in [3.8, 4) is 0 Å². The summed E-state index contributed by atoms with van der Waals surface area (Å²) in [4.78, 5) is 19.3. The number of benzene rings is 1. The SMILES string of the molecule is [K+].[K+].[N-]=C=C(c1ccc(C(=C=[N-])[N+](=O)[O-])cc1)[N+](=O)[O-]. The molecular formula is C10H4K2N4O4. The molecule has 0 fully saturated rings. The fraction of sp³-hybridized carbons (Fsp3) is 0. The molecule has 1 rings (SSSR count). The summed E-state index contributed by atoms with van der Waals surface area (Å²) in [6.45, 7) is 0. The Morgan fingerprint density at radius 1 is 0.850 bits per heavy atom. The second kappa shape index (κ2) is 10.9. The van der Waals surface area contributed by atoms with E-state index in [0.717, 1.165) is 0 Å². The minimum atomic E-state index is -0.850. The summed E-state index contributed by atoms with van der Waals surface area (Å²) in [5, 5.41) is 38.1. The van der Waals surface area contributed by atoms with E-state index in [9.17, 15) is 20.2 Å². The molecule has 0 aliphatic rings. The van der Waals surface area contributed by atoms with Crippen LogP contribution >= 0.6 is 0 Å². The first-order chi connectivity index (χ1) is 8.51. The Kier molecular flexibility index (Phi) is 12.2. The molecule has 0 atom stereocenters. The van der Waals surface area contributed by atoms with Gasteiger partial charge in [0.1, 0.15) is 0 Å². The van der Waals surface area contributed by atoms with Crippen molar-refractivity contribution >= 4 is 23.1 Å². The number of rotatable bonds is 4. The maximum absolute atomic E-state index is 10.5. The molecule has 0 aliphatic heterocycles. The van der Waals surface area contributed by atoms with Crippen molar-refractivity contribution in [3.05, 3.63) is 66.4 Å². The molecule has 10 heteroatoms. The molecule has 1 aromatic rings. The predicted octanol–water partition coefficient (Wildman–Crippen LogP) is -4.59. The van der Waals surface area contributed by atoms with Crippen LogP contribution in [0.2, 0.25) is 0 Å². The summed E-state index contributed by atoms with van der Waals surface area (Å²) in [6.07, 6.45) is 0.